The highest BCUT2D eigenvalue weighted by atomic mass is 35.5. The summed E-state index contributed by atoms with van der Waals surface area (Å²) < 4.78 is 0.667. The fraction of sp³-hybridized carbons (Fsp3) is 0.455. The minimum absolute atomic E-state index is 0.162. The Kier molecular flexibility index (Phi) is 4.41. The second-order valence-electron chi connectivity index (χ2n) is 4.24. The minimum Gasteiger partial charge on any atom is -0.391 e. The molecule has 1 rings (SSSR count). The van der Waals surface area contributed by atoms with Crippen molar-refractivity contribution in [2.24, 2.45) is 0 Å². The molecular formula is C11H16Cl2NO+. The maximum absolute atomic E-state index is 8.94. The van der Waals surface area contributed by atoms with E-state index in [9.17, 15) is 0 Å². The van der Waals surface area contributed by atoms with E-state index in [1.807, 2.05) is 32.3 Å². The number of hydrogen-bond acceptors (Lipinski definition) is 1. The molecule has 0 amide bonds. The molecule has 1 N–H and O–H groups in total. The van der Waals surface area contributed by atoms with E-state index >= 15 is 0 Å². The first-order valence-corrected chi connectivity index (χ1v) is 5.57. The lowest BCUT2D eigenvalue weighted by molar-refractivity contribution is -0.903. The first kappa shape index (κ1) is 12.8. The van der Waals surface area contributed by atoms with E-state index in [1.54, 1.807) is 0 Å². The summed E-state index contributed by atoms with van der Waals surface area (Å²) in [5.74, 6) is 0. The Morgan fingerprint density at radius 3 is 2.20 bits per heavy atom. The number of aliphatic hydroxyl groups is 1. The van der Waals surface area contributed by atoms with Gasteiger partial charge >= 0.3 is 0 Å². The highest BCUT2D eigenvalue weighted by Crippen LogP contribution is 2.26. The van der Waals surface area contributed by atoms with Crippen molar-refractivity contribution in [3.63, 3.8) is 0 Å². The van der Waals surface area contributed by atoms with Gasteiger partial charge in [-0.15, -0.1) is 0 Å². The van der Waals surface area contributed by atoms with Crippen LogP contribution in [0.25, 0.3) is 0 Å². The van der Waals surface area contributed by atoms with Crippen molar-refractivity contribution in [3.05, 3.63) is 33.8 Å². The van der Waals surface area contributed by atoms with Gasteiger partial charge in [-0.2, -0.15) is 0 Å². The maximum Gasteiger partial charge on any atom is 0.107 e. The summed E-state index contributed by atoms with van der Waals surface area (Å²) in [5.41, 5.74) is 0.944. The normalized spacial score (nSPS) is 11.8. The molecule has 0 unspecified atom stereocenters. The summed E-state index contributed by atoms with van der Waals surface area (Å²) in [6, 6.07) is 5.50. The van der Waals surface area contributed by atoms with Crippen LogP contribution >= 0.6 is 23.2 Å². The minimum atomic E-state index is 0.162. The molecule has 0 aliphatic rings. The smallest absolute Gasteiger partial charge is 0.107 e. The molecule has 0 saturated heterocycles. The standard InChI is InChI=1S/C11H16Cl2NO/c1-14(2,6-7-15)8-9-10(12)4-3-5-11(9)13/h3-5,15H,6-8H2,1-2H3/q+1. The summed E-state index contributed by atoms with van der Waals surface area (Å²) in [6.07, 6.45) is 0. The zero-order chi connectivity index (χ0) is 11.5. The zero-order valence-corrected chi connectivity index (χ0v) is 10.5. The van der Waals surface area contributed by atoms with Crippen molar-refractivity contribution in [1.82, 2.24) is 0 Å². The maximum atomic E-state index is 8.94. The molecule has 2 nitrogen and oxygen atoms in total. The van der Waals surface area contributed by atoms with Crippen molar-refractivity contribution >= 4 is 23.2 Å². The number of nitrogens with zero attached hydrogens (tertiary/aromatic N) is 1. The van der Waals surface area contributed by atoms with Crippen molar-refractivity contribution in [3.8, 4) is 0 Å². The number of halogens is 2. The van der Waals surface area contributed by atoms with Gasteiger partial charge in [0.2, 0.25) is 0 Å². The first-order valence-electron chi connectivity index (χ1n) is 4.82. The Morgan fingerprint density at radius 2 is 1.73 bits per heavy atom. The van der Waals surface area contributed by atoms with Crippen LogP contribution in [0.1, 0.15) is 5.56 Å². The molecule has 0 aliphatic carbocycles. The van der Waals surface area contributed by atoms with E-state index in [1.165, 1.54) is 0 Å². The number of likely N-dealkylation sites (N-methyl/N-ethyl adjacent to an activating group) is 1. The number of benzene rings is 1. The van der Waals surface area contributed by atoms with E-state index in [-0.39, 0.29) is 6.61 Å². The largest absolute Gasteiger partial charge is 0.391 e. The van der Waals surface area contributed by atoms with Crippen LogP contribution in [-0.2, 0) is 6.54 Å². The van der Waals surface area contributed by atoms with Gasteiger partial charge in [0, 0.05) is 5.56 Å². The molecule has 4 heteroatoms. The monoisotopic (exact) mass is 248 g/mol. The van der Waals surface area contributed by atoms with Crippen LogP contribution in [-0.4, -0.2) is 36.8 Å². The summed E-state index contributed by atoms with van der Waals surface area (Å²) in [4.78, 5) is 0. The van der Waals surface area contributed by atoms with E-state index in [0.717, 1.165) is 12.1 Å². The lowest BCUT2D eigenvalue weighted by Crippen LogP contribution is -2.41. The number of quaternary nitrogens is 1. The predicted octanol–water partition coefficient (Wildman–Crippen LogP) is 2.56. The molecule has 0 fully saturated rings. The zero-order valence-electron chi connectivity index (χ0n) is 9.00. The fourth-order valence-corrected chi connectivity index (χ4v) is 1.98. The van der Waals surface area contributed by atoms with Crippen LogP contribution in [0.2, 0.25) is 10.0 Å². The Labute approximate surface area is 101 Å². The van der Waals surface area contributed by atoms with Crippen LogP contribution in [0.5, 0.6) is 0 Å². The summed E-state index contributed by atoms with van der Waals surface area (Å²) in [7, 11) is 4.08. The highest BCUT2D eigenvalue weighted by Gasteiger charge is 2.18. The van der Waals surface area contributed by atoms with Gasteiger partial charge in [-0.3, -0.25) is 0 Å². The SMILES string of the molecule is C[N+](C)(CCO)Cc1c(Cl)cccc1Cl. The number of rotatable bonds is 4. The van der Waals surface area contributed by atoms with Crippen LogP contribution in [0.15, 0.2) is 18.2 Å². The lowest BCUT2D eigenvalue weighted by atomic mass is 10.2. The van der Waals surface area contributed by atoms with Gasteiger partial charge < -0.3 is 9.59 Å². The molecule has 0 bridgehead atoms. The number of hydrogen-bond donors (Lipinski definition) is 1. The average Bonchev–Trinajstić information content (AvgIpc) is 2.11. The summed E-state index contributed by atoms with van der Waals surface area (Å²) >= 11 is 12.2. The quantitative estimate of drug-likeness (QED) is 0.813. The third kappa shape index (κ3) is 3.65. The van der Waals surface area contributed by atoms with Crippen molar-refractivity contribution in [2.45, 2.75) is 6.54 Å². The molecule has 0 aliphatic heterocycles. The molecule has 0 aromatic heterocycles. The Hall–Kier alpha value is -0.280. The Morgan fingerprint density at radius 1 is 1.20 bits per heavy atom. The van der Waals surface area contributed by atoms with Crippen LogP contribution < -0.4 is 0 Å². The topological polar surface area (TPSA) is 20.2 Å². The molecule has 1 aromatic rings. The average molecular weight is 249 g/mol. The van der Waals surface area contributed by atoms with E-state index in [2.05, 4.69) is 0 Å². The molecule has 1 aromatic carbocycles. The van der Waals surface area contributed by atoms with Gasteiger partial charge in [0.25, 0.3) is 0 Å². The van der Waals surface area contributed by atoms with Gasteiger partial charge in [-0.25, -0.2) is 0 Å². The van der Waals surface area contributed by atoms with E-state index in [4.69, 9.17) is 28.3 Å². The fourth-order valence-electron chi connectivity index (χ4n) is 1.46. The van der Waals surface area contributed by atoms with Gasteiger partial charge in [-0.05, 0) is 12.1 Å². The molecule has 0 atom stereocenters. The van der Waals surface area contributed by atoms with Crippen molar-refractivity contribution < 1.29 is 9.59 Å². The molecule has 84 valence electrons. The first-order chi connectivity index (χ1) is 6.96. The van der Waals surface area contributed by atoms with E-state index < -0.39 is 0 Å². The predicted molar refractivity (Wildman–Crippen MR) is 64.2 cm³/mol. The summed E-state index contributed by atoms with van der Waals surface area (Å²) in [5, 5.41) is 10.3. The third-order valence-electron chi connectivity index (χ3n) is 2.35. The van der Waals surface area contributed by atoms with Crippen molar-refractivity contribution in [2.75, 3.05) is 27.2 Å². The van der Waals surface area contributed by atoms with Gasteiger partial charge in [-0.1, -0.05) is 29.3 Å². The molecule has 0 spiro atoms. The molecule has 0 saturated carbocycles. The highest BCUT2D eigenvalue weighted by molar-refractivity contribution is 6.35. The number of aliphatic hydroxyl groups excluding tert-OH is 1. The van der Waals surface area contributed by atoms with Crippen LogP contribution in [0.4, 0.5) is 0 Å². The van der Waals surface area contributed by atoms with Gasteiger partial charge in [0.05, 0.1) is 30.7 Å². The summed E-state index contributed by atoms with van der Waals surface area (Å²) in [6.45, 7) is 1.57. The molecule has 0 heterocycles. The molecule has 15 heavy (non-hydrogen) atoms. The van der Waals surface area contributed by atoms with Gasteiger partial charge in [0.1, 0.15) is 13.1 Å². The molecule has 0 radical (unpaired) electrons. The Bertz CT molecular complexity index is 319. The second-order valence-corrected chi connectivity index (χ2v) is 5.06. The van der Waals surface area contributed by atoms with E-state index in [0.29, 0.717) is 21.1 Å². The third-order valence-corrected chi connectivity index (χ3v) is 3.06. The lowest BCUT2D eigenvalue weighted by Gasteiger charge is -2.29. The van der Waals surface area contributed by atoms with Crippen molar-refractivity contribution in [1.29, 1.82) is 0 Å². The van der Waals surface area contributed by atoms with Crippen LogP contribution in [0.3, 0.4) is 0 Å². The van der Waals surface area contributed by atoms with Gasteiger partial charge in [0.15, 0.2) is 0 Å². The van der Waals surface area contributed by atoms with Crippen LogP contribution in [0, 0.1) is 0 Å². The Balaban J connectivity index is 2.89. The second kappa shape index (κ2) is 5.17. The molecular weight excluding hydrogens is 233 g/mol.